The molecule has 3 nitrogen and oxygen atoms in total. The minimum Gasteiger partial charge on any atom is -0.388 e. The number of aliphatic hydroxyl groups is 1. The molecule has 110 valence electrons. The van der Waals surface area contributed by atoms with E-state index in [-0.39, 0.29) is 11.7 Å². The lowest BCUT2D eigenvalue weighted by atomic mass is 10.0. The minimum absolute atomic E-state index is 0.0417. The summed E-state index contributed by atoms with van der Waals surface area (Å²) in [7, 11) is 0. The van der Waals surface area contributed by atoms with Crippen LogP contribution in [-0.2, 0) is 4.79 Å². The van der Waals surface area contributed by atoms with Crippen molar-refractivity contribution in [1.82, 2.24) is 5.32 Å². The van der Waals surface area contributed by atoms with Crippen LogP contribution >= 0.6 is 11.8 Å². The van der Waals surface area contributed by atoms with Gasteiger partial charge >= 0.3 is 0 Å². The van der Waals surface area contributed by atoms with E-state index in [2.05, 4.69) is 5.32 Å². The van der Waals surface area contributed by atoms with Gasteiger partial charge < -0.3 is 10.4 Å². The predicted octanol–water partition coefficient (Wildman–Crippen LogP) is 2.73. The molecule has 1 aromatic rings. The lowest BCUT2D eigenvalue weighted by molar-refractivity contribution is -0.121. The van der Waals surface area contributed by atoms with Crippen molar-refractivity contribution >= 4 is 17.7 Å². The Hall–Kier alpha value is -1.07. The van der Waals surface area contributed by atoms with E-state index in [4.69, 9.17) is 0 Å². The molecule has 1 fully saturated rings. The van der Waals surface area contributed by atoms with E-state index in [0.29, 0.717) is 18.7 Å². The first-order valence-electron chi connectivity index (χ1n) is 6.95. The van der Waals surface area contributed by atoms with Gasteiger partial charge in [0.1, 0.15) is 5.82 Å². The SMILES string of the molecule is O=C(CCSc1ccc(F)cc1)NCC1(O)CCCC1. The van der Waals surface area contributed by atoms with Gasteiger partial charge in [-0.25, -0.2) is 4.39 Å². The molecule has 2 rings (SSSR count). The largest absolute Gasteiger partial charge is 0.388 e. The first kappa shape index (κ1) is 15.3. The molecular weight excluding hydrogens is 277 g/mol. The van der Waals surface area contributed by atoms with Crippen LogP contribution in [0, 0.1) is 5.82 Å². The lowest BCUT2D eigenvalue weighted by Crippen LogP contribution is -2.40. The van der Waals surface area contributed by atoms with Gasteiger partial charge in [0, 0.05) is 23.6 Å². The van der Waals surface area contributed by atoms with Crippen LogP contribution < -0.4 is 5.32 Å². The van der Waals surface area contributed by atoms with Crippen LogP contribution in [0.2, 0.25) is 0 Å². The molecule has 0 unspecified atom stereocenters. The molecule has 0 saturated heterocycles. The van der Waals surface area contributed by atoms with Crippen molar-refractivity contribution in [2.24, 2.45) is 0 Å². The maximum atomic E-state index is 12.7. The average molecular weight is 297 g/mol. The fraction of sp³-hybridized carbons (Fsp3) is 0.533. The van der Waals surface area contributed by atoms with Crippen LogP contribution in [0.5, 0.6) is 0 Å². The lowest BCUT2D eigenvalue weighted by Gasteiger charge is -2.22. The zero-order valence-electron chi connectivity index (χ0n) is 11.4. The number of rotatable bonds is 6. The van der Waals surface area contributed by atoms with E-state index in [1.807, 2.05) is 0 Å². The van der Waals surface area contributed by atoms with Crippen LogP contribution in [0.15, 0.2) is 29.2 Å². The first-order valence-corrected chi connectivity index (χ1v) is 7.93. The van der Waals surface area contributed by atoms with E-state index < -0.39 is 5.60 Å². The number of amides is 1. The molecule has 20 heavy (non-hydrogen) atoms. The predicted molar refractivity (Wildman–Crippen MR) is 78.2 cm³/mol. The van der Waals surface area contributed by atoms with E-state index in [9.17, 15) is 14.3 Å². The molecule has 0 radical (unpaired) electrons. The summed E-state index contributed by atoms with van der Waals surface area (Å²) >= 11 is 1.52. The number of thioether (sulfide) groups is 1. The van der Waals surface area contributed by atoms with Gasteiger partial charge in [-0.1, -0.05) is 12.8 Å². The smallest absolute Gasteiger partial charge is 0.220 e. The van der Waals surface area contributed by atoms with Crippen LogP contribution in [0.1, 0.15) is 32.1 Å². The fourth-order valence-electron chi connectivity index (χ4n) is 2.35. The molecule has 2 N–H and O–H groups in total. The molecule has 0 atom stereocenters. The van der Waals surface area contributed by atoms with E-state index in [1.165, 1.54) is 23.9 Å². The topological polar surface area (TPSA) is 49.3 Å². The molecule has 5 heteroatoms. The highest BCUT2D eigenvalue weighted by Gasteiger charge is 2.31. The minimum atomic E-state index is -0.695. The number of nitrogens with one attached hydrogen (secondary N) is 1. The Labute approximate surface area is 123 Å². The van der Waals surface area contributed by atoms with Crippen molar-refractivity contribution in [3.8, 4) is 0 Å². The quantitative estimate of drug-likeness (QED) is 0.794. The second-order valence-electron chi connectivity index (χ2n) is 5.26. The first-order chi connectivity index (χ1) is 9.57. The molecular formula is C15H20FNO2S. The van der Waals surface area contributed by atoms with Crippen molar-refractivity contribution in [3.63, 3.8) is 0 Å². The maximum Gasteiger partial charge on any atom is 0.220 e. The molecule has 0 bridgehead atoms. The van der Waals surface area contributed by atoms with E-state index in [0.717, 1.165) is 30.6 Å². The van der Waals surface area contributed by atoms with Gasteiger partial charge in [0.05, 0.1) is 5.60 Å². The third-order valence-electron chi connectivity index (χ3n) is 3.56. The monoisotopic (exact) mass is 297 g/mol. The second kappa shape index (κ2) is 7.09. The summed E-state index contributed by atoms with van der Waals surface area (Å²) in [6.07, 6.45) is 4.02. The summed E-state index contributed by atoms with van der Waals surface area (Å²) in [5.74, 6) is 0.354. The summed E-state index contributed by atoms with van der Waals surface area (Å²) in [6.45, 7) is 0.354. The zero-order valence-corrected chi connectivity index (χ0v) is 12.2. The Morgan fingerprint density at radius 1 is 1.30 bits per heavy atom. The highest BCUT2D eigenvalue weighted by Crippen LogP contribution is 2.28. The summed E-state index contributed by atoms with van der Waals surface area (Å²) in [6, 6.07) is 6.24. The van der Waals surface area contributed by atoms with Crippen molar-refractivity contribution in [3.05, 3.63) is 30.1 Å². The number of carbonyl (C=O) groups is 1. The molecule has 1 amide bonds. The van der Waals surface area contributed by atoms with Crippen LogP contribution in [0.4, 0.5) is 4.39 Å². The third-order valence-corrected chi connectivity index (χ3v) is 4.57. The van der Waals surface area contributed by atoms with Gasteiger partial charge in [-0.15, -0.1) is 11.8 Å². The fourth-order valence-corrected chi connectivity index (χ4v) is 3.21. The van der Waals surface area contributed by atoms with Crippen molar-refractivity contribution < 1.29 is 14.3 Å². The zero-order chi connectivity index (χ0) is 14.4. The maximum absolute atomic E-state index is 12.7. The number of halogens is 1. The Kier molecular flexibility index (Phi) is 5.43. The van der Waals surface area contributed by atoms with Crippen LogP contribution in [0.3, 0.4) is 0 Å². The molecule has 0 aliphatic heterocycles. The summed E-state index contributed by atoms with van der Waals surface area (Å²) < 4.78 is 12.7. The Balaban J connectivity index is 1.64. The van der Waals surface area contributed by atoms with Gasteiger partial charge in [-0.2, -0.15) is 0 Å². The molecule has 1 aromatic carbocycles. The number of carbonyl (C=O) groups excluding carboxylic acids is 1. The molecule has 0 spiro atoms. The number of benzene rings is 1. The van der Waals surface area contributed by atoms with Gasteiger partial charge in [0.25, 0.3) is 0 Å². The summed E-state index contributed by atoms with van der Waals surface area (Å²) in [5, 5.41) is 12.9. The van der Waals surface area contributed by atoms with Crippen molar-refractivity contribution in [1.29, 1.82) is 0 Å². The van der Waals surface area contributed by atoms with Gasteiger partial charge in [0.2, 0.25) is 5.91 Å². The van der Waals surface area contributed by atoms with E-state index in [1.54, 1.807) is 12.1 Å². The van der Waals surface area contributed by atoms with E-state index >= 15 is 0 Å². The normalized spacial score (nSPS) is 17.1. The molecule has 0 aromatic heterocycles. The number of hydrogen-bond acceptors (Lipinski definition) is 3. The average Bonchev–Trinajstić information content (AvgIpc) is 2.86. The van der Waals surface area contributed by atoms with Crippen molar-refractivity contribution in [2.75, 3.05) is 12.3 Å². The third kappa shape index (κ3) is 4.80. The summed E-state index contributed by atoms with van der Waals surface area (Å²) in [5.41, 5.74) is -0.695. The van der Waals surface area contributed by atoms with Crippen LogP contribution in [0.25, 0.3) is 0 Å². The molecule has 1 aliphatic carbocycles. The molecule has 0 heterocycles. The summed E-state index contributed by atoms with van der Waals surface area (Å²) in [4.78, 5) is 12.6. The Morgan fingerprint density at radius 3 is 2.60 bits per heavy atom. The molecule has 1 saturated carbocycles. The van der Waals surface area contributed by atoms with Crippen molar-refractivity contribution in [2.45, 2.75) is 42.6 Å². The Bertz CT molecular complexity index is 444. The Morgan fingerprint density at radius 2 is 1.95 bits per heavy atom. The standard InChI is InChI=1S/C15H20FNO2S/c16-12-3-5-13(6-4-12)20-10-7-14(18)17-11-15(19)8-1-2-9-15/h3-6,19H,1-2,7-11H2,(H,17,18). The van der Waals surface area contributed by atoms with Gasteiger partial charge in [0.15, 0.2) is 0 Å². The highest BCUT2D eigenvalue weighted by atomic mass is 32.2. The number of hydrogen-bond donors (Lipinski definition) is 2. The molecule has 1 aliphatic rings. The second-order valence-corrected chi connectivity index (χ2v) is 6.43. The highest BCUT2D eigenvalue weighted by molar-refractivity contribution is 7.99. The van der Waals surface area contributed by atoms with Gasteiger partial charge in [-0.3, -0.25) is 4.79 Å². The van der Waals surface area contributed by atoms with Gasteiger partial charge in [-0.05, 0) is 37.1 Å². The van der Waals surface area contributed by atoms with Crippen LogP contribution in [-0.4, -0.2) is 28.9 Å².